The highest BCUT2D eigenvalue weighted by Crippen LogP contribution is 2.27. The van der Waals surface area contributed by atoms with Crippen LogP contribution in [0.25, 0.3) is 22.6 Å². The Morgan fingerprint density at radius 1 is 1.25 bits per heavy atom. The molecule has 1 heterocycles. The van der Waals surface area contributed by atoms with Crippen LogP contribution >= 0.6 is 15.9 Å². The highest BCUT2D eigenvalue weighted by Gasteiger charge is 2.09. The van der Waals surface area contributed by atoms with Crippen LogP contribution in [0.4, 0.5) is 5.69 Å². The average molecular weight is 331 g/mol. The van der Waals surface area contributed by atoms with Crippen molar-refractivity contribution < 1.29 is 9.21 Å². The number of nitrogens with zero attached hydrogens (tertiary/aromatic N) is 1. The minimum absolute atomic E-state index is 0.108. The van der Waals surface area contributed by atoms with E-state index in [0.29, 0.717) is 5.89 Å². The summed E-state index contributed by atoms with van der Waals surface area (Å²) in [5.41, 5.74) is 3.06. The van der Waals surface area contributed by atoms with Crippen molar-refractivity contribution >= 4 is 38.6 Å². The Balaban J connectivity index is 2.03. The first-order valence-electron chi connectivity index (χ1n) is 6.06. The normalized spacial score (nSPS) is 10.7. The van der Waals surface area contributed by atoms with Gasteiger partial charge in [0.1, 0.15) is 5.52 Å². The summed E-state index contributed by atoms with van der Waals surface area (Å²) in [7, 11) is 0. The number of carbonyl (C=O) groups is 1. The van der Waals surface area contributed by atoms with Gasteiger partial charge in [-0.3, -0.25) is 4.79 Å². The van der Waals surface area contributed by atoms with E-state index >= 15 is 0 Å². The smallest absolute Gasteiger partial charge is 0.227 e. The van der Waals surface area contributed by atoms with Gasteiger partial charge in [-0.2, -0.15) is 0 Å². The van der Waals surface area contributed by atoms with Crippen molar-refractivity contribution in [3.63, 3.8) is 0 Å². The van der Waals surface area contributed by atoms with Gasteiger partial charge in [0, 0.05) is 22.6 Å². The Kier molecular flexibility index (Phi) is 3.28. The summed E-state index contributed by atoms with van der Waals surface area (Å²) < 4.78 is 6.69. The Morgan fingerprint density at radius 3 is 2.90 bits per heavy atom. The summed E-state index contributed by atoms with van der Waals surface area (Å²) in [6.45, 7) is 1.48. The molecule has 4 nitrogen and oxygen atoms in total. The van der Waals surface area contributed by atoms with Crippen molar-refractivity contribution in [2.75, 3.05) is 5.32 Å². The Bertz CT molecular complexity index is 795. The minimum atomic E-state index is -0.108. The molecule has 0 fully saturated rings. The van der Waals surface area contributed by atoms with Gasteiger partial charge >= 0.3 is 0 Å². The van der Waals surface area contributed by atoms with E-state index in [2.05, 4.69) is 26.2 Å². The average Bonchev–Trinajstić information content (AvgIpc) is 2.81. The third kappa shape index (κ3) is 2.58. The van der Waals surface area contributed by atoms with Gasteiger partial charge in [0.2, 0.25) is 11.8 Å². The third-order valence-corrected chi connectivity index (χ3v) is 3.27. The maximum atomic E-state index is 11.1. The van der Waals surface area contributed by atoms with Gasteiger partial charge < -0.3 is 9.73 Å². The van der Waals surface area contributed by atoms with Crippen LogP contribution in [0.3, 0.4) is 0 Å². The lowest BCUT2D eigenvalue weighted by atomic mass is 10.2. The van der Waals surface area contributed by atoms with Crippen LogP contribution in [-0.2, 0) is 4.79 Å². The number of nitrogens with one attached hydrogen (secondary N) is 1. The number of anilines is 1. The van der Waals surface area contributed by atoms with Gasteiger partial charge in [-0.05, 0) is 36.4 Å². The summed E-state index contributed by atoms with van der Waals surface area (Å²) in [6.07, 6.45) is 0. The van der Waals surface area contributed by atoms with Crippen molar-refractivity contribution in [3.05, 3.63) is 46.9 Å². The lowest BCUT2D eigenvalue weighted by Crippen LogP contribution is -2.05. The molecule has 3 rings (SSSR count). The van der Waals surface area contributed by atoms with E-state index in [1.54, 1.807) is 0 Å². The largest absolute Gasteiger partial charge is 0.436 e. The van der Waals surface area contributed by atoms with Crippen LogP contribution in [0, 0.1) is 0 Å². The molecule has 0 spiro atoms. The summed E-state index contributed by atoms with van der Waals surface area (Å²) in [6, 6.07) is 13.1. The second-order valence-corrected chi connectivity index (χ2v) is 5.31. The lowest BCUT2D eigenvalue weighted by Gasteiger charge is -2.02. The first kappa shape index (κ1) is 12.9. The van der Waals surface area contributed by atoms with Gasteiger partial charge in [-0.25, -0.2) is 4.98 Å². The Labute approximate surface area is 123 Å². The number of rotatable bonds is 2. The van der Waals surface area contributed by atoms with Crippen LogP contribution in [0.15, 0.2) is 51.4 Å². The number of aromatic nitrogens is 1. The van der Waals surface area contributed by atoms with E-state index in [4.69, 9.17) is 4.42 Å². The first-order valence-corrected chi connectivity index (χ1v) is 6.85. The van der Waals surface area contributed by atoms with E-state index in [0.717, 1.165) is 26.8 Å². The molecule has 0 saturated carbocycles. The molecular formula is C15H11BrN2O2. The molecule has 2 aromatic carbocycles. The van der Waals surface area contributed by atoms with Crippen molar-refractivity contribution in [1.82, 2.24) is 4.98 Å². The maximum absolute atomic E-state index is 11.1. The molecule has 0 atom stereocenters. The molecule has 0 saturated heterocycles. The van der Waals surface area contributed by atoms with Gasteiger partial charge in [-0.15, -0.1) is 0 Å². The summed E-state index contributed by atoms with van der Waals surface area (Å²) in [5.74, 6) is 0.425. The lowest BCUT2D eigenvalue weighted by molar-refractivity contribution is -0.114. The fourth-order valence-electron chi connectivity index (χ4n) is 1.96. The Morgan fingerprint density at radius 2 is 2.10 bits per heavy atom. The van der Waals surface area contributed by atoms with Crippen LogP contribution in [-0.4, -0.2) is 10.9 Å². The fraction of sp³-hybridized carbons (Fsp3) is 0.0667. The van der Waals surface area contributed by atoms with Crippen LogP contribution in [0.1, 0.15) is 6.92 Å². The van der Waals surface area contributed by atoms with E-state index in [1.807, 2.05) is 42.5 Å². The molecule has 20 heavy (non-hydrogen) atoms. The van der Waals surface area contributed by atoms with Crippen LogP contribution in [0.2, 0.25) is 0 Å². The number of carbonyl (C=O) groups excluding carboxylic acids is 1. The molecule has 0 unspecified atom stereocenters. The van der Waals surface area contributed by atoms with E-state index in [9.17, 15) is 4.79 Å². The van der Waals surface area contributed by atoms with E-state index in [-0.39, 0.29) is 5.91 Å². The summed E-state index contributed by atoms with van der Waals surface area (Å²) >= 11 is 3.40. The number of oxazole rings is 1. The quantitative estimate of drug-likeness (QED) is 0.765. The standard InChI is InChI=1S/C15H11BrN2O2/c1-9(19)17-12-4-2-3-10(7-12)15-18-13-6-5-11(16)8-14(13)20-15/h2-8H,1H3,(H,17,19). The van der Waals surface area contributed by atoms with Crippen LogP contribution in [0.5, 0.6) is 0 Å². The van der Waals surface area contributed by atoms with Crippen molar-refractivity contribution in [2.45, 2.75) is 6.92 Å². The van der Waals surface area contributed by atoms with Crippen molar-refractivity contribution in [2.24, 2.45) is 0 Å². The molecule has 1 aromatic heterocycles. The zero-order valence-corrected chi connectivity index (χ0v) is 12.3. The molecule has 5 heteroatoms. The molecule has 0 radical (unpaired) electrons. The highest BCUT2D eigenvalue weighted by atomic mass is 79.9. The number of halogens is 1. The summed E-state index contributed by atoms with van der Waals surface area (Å²) in [5, 5.41) is 2.74. The minimum Gasteiger partial charge on any atom is -0.436 e. The molecule has 0 aliphatic rings. The van der Waals surface area contributed by atoms with Gasteiger partial charge in [0.25, 0.3) is 0 Å². The molecule has 3 aromatic rings. The maximum Gasteiger partial charge on any atom is 0.227 e. The molecular weight excluding hydrogens is 320 g/mol. The zero-order chi connectivity index (χ0) is 14.1. The molecule has 0 aliphatic heterocycles. The Hall–Kier alpha value is -2.14. The molecule has 1 N–H and O–H groups in total. The monoisotopic (exact) mass is 330 g/mol. The van der Waals surface area contributed by atoms with E-state index < -0.39 is 0 Å². The second kappa shape index (κ2) is 5.09. The molecule has 100 valence electrons. The highest BCUT2D eigenvalue weighted by molar-refractivity contribution is 9.10. The van der Waals surface area contributed by atoms with Gasteiger partial charge in [-0.1, -0.05) is 22.0 Å². The van der Waals surface area contributed by atoms with Crippen LogP contribution < -0.4 is 5.32 Å². The topological polar surface area (TPSA) is 55.1 Å². The number of fused-ring (bicyclic) bond motifs is 1. The molecule has 0 aliphatic carbocycles. The van der Waals surface area contributed by atoms with E-state index in [1.165, 1.54) is 6.92 Å². The van der Waals surface area contributed by atoms with Gasteiger partial charge in [0.05, 0.1) is 0 Å². The number of benzene rings is 2. The van der Waals surface area contributed by atoms with Crippen molar-refractivity contribution in [3.8, 4) is 11.5 Å². The van der Waals surface area contributed by atoms with Gasteiger partial charge in [0.15, 0.2) is 5.58 Å². The predicted molar refractivity (Wildman–Crippen MR) is 81.4 cm³/mol. The number of hydrogen-bond acceptors (Lipinski definition) is 3. The fourth-order valence-corrected chi connectivity index (χ4v) is 2.30. The second-order valence-electron chi connectivity index (χ2n) is 4.39. The summed E-state index contributed by atoms with van der Waals surface area (Å²) in [4.78, 5) is 15.5. The number of hydrogen-bond donors (Lipinski definition) is 1. The number of amides is 1. The molecule has 0 bridgehead atoms. The zero-order valence-electron chi connectivity index (χ0n) is 10.7. The first-order chi connectivity index (χ1) is 9.61. The molecule has 1 amide bonds. The third-order valence-electron chi connectivity index (χ3n) is 2.78. The predicted octanol–water partition coefficient (Wildman–Crippen LogP) is 4.22. The SMILES string of the molecule is CC(=O)Nc1cccc(-c2nc3ccc(Br)cc3o2)c1. The van der Waals surface area contributed by atoms with Crippen molar-refractivity contribution in [1.29, 1.82) is 0 Å².